The van der Waals surface area contributed by atoms with E-state index in [1.165, 1.54) is 6.20 Å². The molecule has 18 heavy (non-hydrogen) atoms. The number of rotatable bonds is 4. The molecule has 6 nitrogen and oxygen atoms in total. The standard InChI is InChI=1S/C11H18N4O2S/c1-11(6-2-3-7-11)15-18(16,17)10-9(14-12)5-4-8-13-10/h4-5,8,14-15H,2-3,6-7,12H2,1H3. The lowest BCUT2D eigenvalue weighted by molar-refractivity contribution is 0.426. The summed E-state index contributed by atoms with van der Waals surface area (Å²) in [6.07, 6.45) is 5.23. The van der Waals surface area contributed by atoms with E-state index < -0.39 is 10.0 Å². The first-order valence-corrected chi connectivity index (χ1v) is 7.41. The number of nitrogens with two attached hydrogens (primary N) is 1. The number of nitrogens with one attached hydrogen (secondary N) is 2. The van der Waals surface area contributed by atoms with Gasteiger partial charge in [0.25, 0.3) is 10.0 Å². The number of sulfonamides is 1. The molecule has 1 fully saturated rings. The fourth-order valence-corrected chi connectivity index (χ4v) is 3.91. The third kappa shape index (κ3) is 2.63. The summed E-state index contributed by atoms with van der Waals surface area (Å²) in [7, 11) is -3.65. The molecule has 0 amide bonds. The first kappa shape index (κ1) is 13.3. The van der Waals surface area contributed by atoms with Crippen LogP contribution in [-0.2, 0) is 10.0 Å². The summed E-state index contributed by atoms with van der Waals surface area (Å²) in [4.78, 5) is 3.90. The molecule has 2 rings (SSSR count). The fourth-order valence-electron chi connectivity index (χ4n) is 2.34. The molecule has 0 bridgehead atoms. The number of hydrazine groups is 1. The van der Waals surface area contributed by atoms with E-state index in [2.05, 4.69) is 15.1 Å². The molecule has 0 radical (unpaired) electrons. The van der Waals surface area contributed by atoms with Gasteiger partial charge in [0.2, 0.25) is 0 Å². The van der Waals surface area contributed by atoms with E-state index in [0.29, 0.717) is 5.69 Å². The van der Waals surface area contributed by atoms with Crippen LogP contribution in [-0.4, -0.2) is 18.9 Å². The van der Waals surface area contributed by atoms with E-state index in [0.717, 1.165) is 25.7 Å². The van der Waals surface area contributed by atoms with Gasteiger partial charge in [-0.05, 0) is 31.9 Å². The van der Waals surface area contributed by atoms with Gasteiger partial charge in [-0.15, -0.1) is 0 Å². The second-order valence-electron chi connectivity index (χ2n) is 4.87. The second-order valence-corrected chi connectivity index (χ2v) is 6.47. The van der Waals surface area contributed by atoms with Crippen molar-refractivity contribution in [1.82, 2.24) is 9.71 Å². The van der Waals surface area contributed by atoms with Crippen molar-refractivity contribution < 1.29 is 8.42 Å². The number of aromatic nitrogens is 1. The maximum absolute atomic E-state index is 12.3. The molecule has 1 aromatic rings. The Bertz CT molecular complexity index is 524. The highest BCUT2D eigenvalue weighted by Gasteiger charge is 2.34. The molecule has 1 heterocycles. The first-order valence-electron chi connectivity index (χ1n) is 5.92. The van der Waals surface area contributed by atoms with Gasteiger partial charge in [-0.2, -0.15) is 0 Å². The summed E-state index contributed by atoms with van der Waals surface area (Å²) in [5.41, 5.74) is 2.28. The van der Waals surface area contributed by atoms with Crippen LogP contribution in [0.15, 0.2) is 23.4 Å². The lowest BCUT2D eigenvalue weighted by atomic mass is 10.0. The summed E-state index contributed by atoms with van der Waals surface area (Å²) in [5.74, 6) is 5.31. The number of nitrogen functional groups attached to an aromatic ring is 1. The van der Waals surface area contributed by atoms with E-state index in [4.69, 9.17) is 5.84 Å². The third-order valence-corrected chi connectivity index (χ3v) is 4.87. The van der Waals surface area contributed by atoms with Crippen molar-refractivity contribution in [3.63, 3.8) is 0 Å². The third-order valence-electron chi connectivity index (χ3n) is 3.27. The molecular formula is C11H18N4O2S. The van der Waals surface area contributed by atoms with Crippen LogP contribution in [0.25, 0.3) is 0 Å². The quantitative estimate of drug-likeness (QED) is 0.559. The van der Waals surface area contributed by atoms with Crippen molar-refractivity contribution in [2.45, 2.75) is 43.2 Å². The minimum Gasteiger partial charge on any atom is -0.321 e. The predicted molar refractivity (Wildman–Crippen MR) is 69.2 cm³/mol. The summed E-state index contributed by atoms with van der Waals surface area (Å²) in [6.45, 7) is 1.93. The normalized spacial score (nSPS) is 18.8. The van der Waals surface area contributed by atoms with Crippen molar-refractivity contribution in [2.75, 3.05) is 5.43 Å². The van der Waals surface area contributed by atoms with Crippen LogP contribution in [0.2, 0.25) is 0 Å². The zero-order chi connectivity index (χ0) is 13.2. The molecule has 1 saturated carbocycles. The van der Waals surface area contributed by atoms with E-state index in [9.17, 15) is 8.42 Å². The number of hydrogen-bond donors (Lipinski definition) is 3. The Labute approximate surface area is 107 Å². The summed E-state index contributed by atoms with van der Waals surface area (Å²) in [5, 5.41) is -0.0550. The van der Waals surface area contributed by atoms with Gasteiger partial charge in [-0.1, -0.05) is 12.8 Å². The molecule has 0 saturated heterocycles. The smallest absolute Gasteiger partial charge is 0.260 e. The highest BCUT2D eigenvalue weighted by atomic mass is 32.2. The number of anilines is 1. The second kappa shape index (κ2) is 4.83. The van der Waals surface area contributed by atoms with Gasteiger partial charge in [0, 0.05) is 11.7 Å². The lowest BCUT2D eigenvalue weighted by Gasteiger charge is -2.25. The van der Waals surface area contributed by atoms with Crippen LogP contribution >= 0.6 is 0 Å². The zero-order valence-corrected chi connectivity index (χ0v) is 11.1. The average Bonchev–Trinajstić information content (AvgIpc) is 2.74. The molecule has 0 unspecified atom stereocenters. The van der Waals surface area contributed by atoms with Gasteiger partial charge >= 0.3 is 0 Å². The van der Waals surface area contributed by atoms with Crippen molar-refractivity contribution in [3.05, 3.63) is 18.3 Å². The Hall–Kier alpha value is -1.18. The van der Waals surface area contributed by atoms with Crippen molar-refractivity contribution in [1.29, 1.82) is 0 Å². The molecule has 1 aliphatic carbocycles. The molecule has 4 N–H and O–H groups in total. The van der Waals surface area contributed by atoms with E-state index in [-0.39, 0.29) is 10.6 Å². The molecular weight excluding hydrogens is 252 g/mol. The van der Waals surface area contributed by atoms with Crippen molar-refractivity contribution in [2.24, 2.45) is 5.84 Å². The molecule has 0 atom stereocenters. The fraction of sp³-hybridized carbons (Fsp3) is 0.545. The van der Waals surface area contributed by atoms with E-state index in [1.54, 1.807) is 12.1 Å². The van der Waals surface area contributed by atoms with Crippen molar-refractivity contribution >= 4 is 15.7 Å². The monoisotopic (exact) mass is 270 g/mol. The molecule has 7 heteroatoms. The summed E-state index contributed by atoms with van der Waals surface area (Å²) < 4.78 is 27.3. The molecule has 0 aliphatic heterocycles. The molecule has 1 aliphatic rings. The van der Waals surface area contributed by atoms with Crippen molar-refractivity contribution in [3.8, 4) is 0 Å². The predicted octanol–water partition coefficient (Wildman–Crippen LogP) is 0.978. The summed E-state index contributed by atoms with van der Waals surface area (Å²) in [6, 6.07) is 3.21. The van der Waals surface area contributed by atoms with Crippen LogP contribution in [0.4, 0.5) is 5.69 Å². The Kier molecular flexibility index (Phi) is 3.56. The summed E-state index contributed by atoms with van der Waals surface area (Å²) >= 11 is 0. The minimum atomic E-state index is -3.65. The van der Waals surface area contributed by atoms with Crippen LogP contribution in [0.5, 0.6) is 0 Å². The average molecular weight is 270 g/mol. The highest BCUT2D eigenvalue weighted by molar-refractivity contribution is 7.89. The van der Waals surface area contributed by atoms with Gasteiger partial charge in [-0.25, -0.2) is 18.1 Å². The first-order chi connectivity index (χ1) is 8.47. The minimum absolute atomic E-state index is 0.0550. The number of nitrogens with zero attached hydrogens (tertiary/aromatic N) is 1. The Balaban J connectivity index is 2.30. The van der Waals surface area contributed by atoms with E-state index >= 15 is 0 Å². The van der Waals surface area contributed by atoms with E-state index in [1.807, 2.05) is 6.92 Å². The van der Waals surface area contributed by atoms with Gasteiger partial charge in [0.1, 0.15) is 0 Å². The van der Waals surface area contributed by atoms with Crippen LogP contribution < -0.4 is 16.0 Å². The molecule has 1 aromatic heterocycles. The maximum atomic E-state index is 12.3. The molecule has 0 aromatic carbocycles. The van der Waals surface area contributed by atoms with Crippen LogP contribution in [0.3, 0.4) is 0 Å². The Morgan fingerprint density at radius 3 is 2.67 bits per heavy atom. The Morgan fingerprint density at radius 2 is 2.06 bits per heavy atom. The van der Waals surface area contributed by atoms with Gasteiger partial charge in [0.15, 0.2) is 5.03 Å². The largest absolute Gasteiger partial charge is 0.321 e. The molecule has 100 valence electrons. The van der Waals surface area contributed by atoms with Gasteiger partial charge in [-0.3, -0.25) is 5.84 Å². The SMILES string of the molecule is CC1(NS(=O)(=O)c2ncccc2NN)CCCC1. The zero-order valence-electron chi connectivity index (χ0n) is 10.3. The lowest BCUT2D eigenvalue weighted by Crippen LogP contribution is -2.44. The van der Waals surface area contributed by atoms with Crippen LogP contribution in [0, 0.1) is 0 Å². The van der Waals surface area contributed by atoms with Crippen LogP contribution in [0.1, 0.15) is 32.6 Å². The Morgan fingerprint density at radius 1 is 1.39 bits per heavy atom. The van der Waals surface area contributed by atoms with Gasteiger partial charge < -0.3 is 5.43 Å². The maximum Gasteiger partial charge on any atom is 0.260 e. The number of hydrogen-bond acceptors (Lipinski definition) is 5. The van der Waals surface area contributed by atoms with Gasteiger partial charge in [0.05, 0.1) is 5.69 Å². The number of pyridine rings is 1. The molecule has 0 spiro atoms. The highest BCUT2D eigenvalue weighted by Crippen LogP contribution is 2.31. The topological polar surface area (TPSA) is 97.1 Å².